The van der Waals surface area contributed by atoms with Crippen molar-refractivity contribution in [3.8, 4) is 0 Å². The van der Waals surface area contributed by atoms with Crippen LogP contribution in [0.25, 0.3) is 0 Å². The molecule has 3 aromatic carbocycles. The van der Waals surface area contributed by atoms with Crippen molar-refractivity contribution >= 4 is 29.6 Å². The van der Waals surface area contributed by atoms with E-state index in [2.05, 4.69) is 5.32 Å². The van der Waals surface area contributed by atoms with Gasteiger partial charge in [-0.3, -0.25) is 9.59 Å². The van der Waals surface area contributed by atoms with E-state index in [1.807, 2.05) is 50.2 Å². The third-order valence-electron chi connectivity index (χ3n) is 7.15. The number of ether oxygens (including phenoxy) is 3. The van der Waals surface area contributed by atoms with Gasteiger partial charge in [-0.15, -0.1) is 0 Å². The Morgan fingerprint density at radius 2 is 1.57 bits per heavy atom. The number of hydrogen-bond donors (Lipinski definition) is 1. The van der Waals surface area contributed by atoms with Gasteiger partial charge in [0.15, 0.2) is 5.54 Å². The lowest BCUT2D eigenvalue weighted by Crippen LogP contribution is -2.59. The molecule has 9 heteroatoms. The third-order valence-corrected chi connectivity index (χ3v) is 7.15. The van der Waals surface area contributed by atoms with E-state index in [4.69, 9.17) is 14.2 Å². The van der Waals surface area contributed by atoms with Gasteiger partial charge in [-0.25, -0.2) is 9.59 Å². The first-order valence-electron chi connectivity index (χ1n) is 13.6. The van der Waals surface area contributed by atoms with E-state index >= 15 is 0 Å². The number of aryl methyl sites for hydroxylation is 2. The summed E-state index contributed by atoms with van der Waals surface area (Å²) in [4.78, 5) is 56.9. The summed E-state index contributed by atoms with van der Waals surface area (Å²) >= 11 is 0. The van der Waals surface area contributed by atoms with Gasteiger partial charge < -0.3 is 24.4 Å². The zero-order valence-corrected chi connectivity index (χ0v) is 24.9. The van der Waals surface area contributed by atoms with Crippen LogP contribution >= 0.6 is 0 Å². The van der Waals surface area contributed by atoms with E-state index in [9.17, 15) is 19.2 Å². The van der Waals surface area contributed by atoms with Gasteiger partial charge in [-0.1, -0.05) is 66.2 Å². The predicted molar refractivity (Wildman–Crippen MR) is 157 cm³/mol. The van der Waals surface area contributed by atoms with Crippen molar-refractivity contribution in [3.63, 3.8) is 0 Å². The van der Waals surface area contributed by atoms with Gasteiger partial charge in [0.1, 0.15) is 11.5 Å². The average Bonchev–Trinajstić information content (AvgIpc) is 3.15. The Morgan fingerprint density at radius 1 is 0.929 bits per heavy atom. The Bertz CT molecular complexity index is 1530. The number of carbonyl (C=O) groups is 4. The van der Waals surface area contributed by atoms with Crippen molar-refractivity contribution < 1.29 is 33.4 Å². The summed E-state index contributed by atoms with van der Waals surface area (Å²) in [5.74, 6) is -3.60. The zero-order valence-electron chi connectivity index (χ0n) is 24.9. The van der Waals surface area contributed by atoms with Gasteiger partial charge in [-0.2, -0.15) is 0 Å². The van der Waals surface area contributed by atoms with Crippen LogP contribution in [-0.4, -0.2) is 43.8 Å². The zero-order chi connectivity index (χ0) is 30.8. The molecule has 4 rings (SSSR count). The number of carbonyl (C=O) groups excluding carboxylic acids is 4. The molecule has 0 unspecified atom stereocenters. The highest BCUT2D eigenvalue weighted by molar-refractivity contribution is 6.13. The molecule has 1 aliphatic rings. The van der Waals surface area contributed by atoms with Crippen molar-refractivity contribution in [3.05, 3.63) is 100 Å². The molecule has 3 aromatic rings. The van der Waals surface area contributed by atoms with Crippen molar-refractivity contribution in [1.29, 1.82) is 0 Å². The topological polar surface area (TPSA) is 111 Å². The van der Waals surface area contributed by atoms with E-state index in [-0.39, 0.29) is 17.7 Å². The molecule has 0 aliphatic carbocycles. The van der Waals surface area contributed by atoms with Gasteiger partial charge in [0.2, 0.25) is 0 Å². The molecule has 0 bridgehead atoms. The second kappa shape index (κ2) is 11.7. The minimum atomic E-state index is -2.04. The molecule has 0 radical (unpaired) electrons. The van der Waals surface area contributed by atoms with E-state index in [0.29, 0.717) is 11.3 Å². The van der Waals surface area contributed by atoms with Crippen LogP contribution < -0.4 is 10.2 Å². The van der Waals surface area contributed by atoms with Crippen LogP contribution in [0.2, 0.25) is 0 Å². The molecule has 42 heavy (non-hydrogen) atoms. The molecule has 1 N–H and O–H groups in total. The second-order valence-electron chi connectivity index (χ2n) is 11.3. The number of fused-ring (bicyclic) bond motifs is 1. The monoisotopic (exact) mass is 572 g/mol. The number of amides is 2. The van der Waals surface area contributed by atoms with E-state index in [1.54, 1.807) is 49.9 Å². The minimum absolute atomic E-state index is 0.0565. The summed E-state index contributed by atoms with van der Waals surface area (Å²) in [6, 6.07) is 19.4. The maximum atomic E-state index is 15.0. The standard InChI is InChI=1S/C33H36N2O7/c1-20-17-21(2)27-25(18-20)33(34-31(39)42-32(3,4)5,30(38)35(27)19-22-13-9-8-10-14-22)26(29(37)41-7)23-15-11-12-16-24(23)28(36)40-6/h8-18,26H,19H2,1-7H3,(H,34,39)/t26-,33-/m0/s1. The van der Waals surface area contributed by atoms with Crippen LogP contribution in [-0.2, 0) is 35.9 Å². The number of nitrogens with one attached hydrogen (secondary N) is 1. The largest absolute Gasteiger partial charge is 0.468 e. The summed E-state index contributed by atoms with van der Waals surface area (Å²) in [6.07, 6.45) is -0.910. The Kier molecular flexibility index (Phi) is 8.43. The fourth-order valence-electron chi connectivity index (χ4n) is 5.60. The summed E-state index contributed by atoms with van der Waals surface area (Å²) in [7, 11) is 2.42. The molecule has 9 nitrogen and oxygen atoms in total. The van der Waals surface area contributed by atoms with Gasteiger partial charge in [0.05, 0.1) is 32.0 Å². The first kappa shape index (κ1) is 30.3. The van der Waals surface area contributed by atoms with Crippen LogP contribution in [0.1, 0.15) is 64.9 Å². The van der Waals surface area contributed by atoms with Crippen LogP contribution in [0.3, 0.4) is 0 Å². The summed E-state index contributed by atoms with van der Waals surface area (Å²) in [6.45, 7) is 9.00. The van der Waals surface area contributed by atoms with Gasteiger partial charge in [0, 0.05) is 5.56 Å². The molecule has 0 aromatic heterocycles. The molecule has 0 saturated carbocycles. The van der Waals surface area contributed by atoms with Crippen molar-refractivity contribution in [2.75, 3.05) is 19.1 Å². The minimum Gasteiger partial charge on any atom is -0.468 e. The molecular weight excluding hydrogens is 536 g/mol. The highest BCUT2D eigenvalue weighted by Gasteiger charge is 2.61. The summed E-state index contributed by atoms with van der Waals surface area (Å²) < 4.78 is 15.9. The number of hydrogen-bond acceptors (Lipinski definition) is 7. The van der Waals surface area contributed by atoms with Crippen molar-refractivity contribution in [1.82, 2.24) is 5.32 Å². The molecule has 1 heterocycles. The highest BCUT2D eigenvalue weighted by atomic mass is 16.6. The average molecular weight is 573 g/mol. The van der Waals surface area contributed by atoms with Gasteiger partial charge in [-0.05, 0) is 57.4 Å². The number of benzene rings is 3. The fourth-order valence-corrected chi connectivity index (χ4v) is 5.60. The summed E-state index contributed by atoms with van der Waals surface area (Å²) in [5, 5.41) is 2.82. The van der Waals surface area contributed by atoms with E-state index in [1.165, 1.54) is 20.3 Å². The van der Waals surface area contributed by atoms with Crippen molar-refractivity contribution in [2.24, 2.45) is 0 Å². The van der Waals surface area contributed by atoms with Crippen LogP contribution in [0.15, 0.2) is 66.7 Å². The normalized spacial score (nSPS) is 16.8. The maximum Gasteiger partial charge on any atom is 0.408 e. The first-order valence-corrected chi connectivity index (χ1v) is 13.6. The van der Waals surface area contributed by atoms with E-state index < -0.39 is 41.0 Å². The quantitative estimate of drug-likeness (QED) is 0.302. The smallest absolute Gasteiger partial charge is 0.408 e. The number of alkyl carbamates (subject to hydrolysis) is 1. The van der Waals surface area contributed by atoms with Gasteiger partial charge in [0.25, 0.3) is 5.91 Å². The molecule has 0 saturated heterocycles. The molecule has 0 spiro atoms. The number of anilines is 1. The Hall–Kier alpha value is -4.66. The Morgan fingerprint density at radius 3 is 2.19 bits per heavy atom. The number of rotatable bonds is 7. The third kappa shape index (κ3) is 5.59. The van der Waals surface area contributed by atoms with Crippen LogP contribution in [0.5, 0.6) is 0 Å². The summed E-state index contributed by atoms with van der Waals surface area (Å²) in [5.41, 5.74) is 0.625. The Balaban J connectivity index is 2.08. The lowest BCUT2D eigenvalue weighted by Gasteiger charge is -2.37. The van der Waals surface area contributed by atoms with Crippen LogP contribution in [0.4, 0.5) is 10.5 Å². The maximum absolute atomic E-state index is 15.0. The highest BCUT2D eigenvalue weighted by Crippen LogP contribution is 2.51. The van der Waals surface area contributed by atoms with Crippen LogP contribution in [0, 0.1) is 13.8 Å². The van der Waals surface area contributed by atoms with Crippen molar-refractivity contribution in [2.45, 2.75) is 58.2 Å². The SMILES string of the molecule is COC(=O)c1ccccc1[C@@H](C(=O)OC)[C@]1(NC(=O)OC(C)(C)C)C(=O)N(Cc2ccccc2)c2c(C)cc(C)cc21. The molecule has 220 valence electrons. The number of esters is 2. The predicted octanol–water partition coefficient (Wildman–Crippen LogP) is 5.31. The van der Waals surface area contributed by atoms with E-state index in [0.717, 1.165) is 16.7 Å². The van der Waals surface area contributed by atoms with Gasteiger partial charge >= 0.3 is 18.0 Å². The second-order valence-corrected chi connectivity index (χ2v) is 11.3. The number of methoxy groups -OCH3 is 2. The Labute approximate surface area is 245 Å². The number of nitrogens with zero attached hydrogens (tertiary/aromatic N) is 1. The molecule has 1 aliphatic heterocycles. The molecule has 0 fully saturated rings. The molecular formula is C33H36N2O7. The lowest BCUT2D eigenvalue weighted by molar-refractivity contribution is -0.147. The molecule has 2 atom stereocenters. The fraction of sp³-hybridized carbons (Fsp3) is 0.333. The molecule has 2 amide bonds. The first-order chi connectivity index (χ1) is 19.8. The lowest BCUT2D eigenvalue weighted by atomic mass is 9.73.